The highest BCUT2D eigenvalue weighted by Crippen LogP contribution is 2.23. The van der Waals surface area contributed by atoms with E-state index in [1.54, 1.807) is 17.5 Å². The van der Waals surface area contributed by atoms with Crippen LogP contribution in [0.1, 0.15) is 5.01 Å². The molecule has 0 aliphatic rings. The molecule has 0 radical (unpaired) electrons. The Hall–Kier alpha value is -1.16. The van der Waals surface area contributed by atoms with Gasteiger partial charge in [0.05, 0.1) is 16.1 Å². The number of aromatic amines is 1. The van der Waals surface area contributed by atoms with Crippen molar-refractivity contribution in [1.29, 1.82) is 0 Å². The minimum atomic E-state index is 1.08. The summed E-state index contributed by atoms with van der Waals surface area (Å²) < 4.78 is 0. The molecule has 56 valence electrons. The molecule has 0 spiro atoms. The molecule has 0 aliphatic heterocycles. The third kappa shape index (κ3) is 1.17. The summed E-state index contributed by atoms with van der Waals surface area (Å²) in [6, 6.07) is 0. The molecule has 4 heteroatoms. The standard InChI is InChI=1S/C7H7N3S/c1-5-8-4-7(11-5)6-2-9-10-3-6/h2-4H,1H3,(H,9,10). The van der Waals surface area contributed by atoms with Crippen LogP contribution >= 0.6 is 11.3 Å². The predicted octanol–water partition coefficient (Wildman–Crippen LogP) is 1.84. The van der Waals surface area contributed by atoms with Crippen molar-refractivity contribution in [2.45, 2.75) is 6.92 Å². The fourth-order valence-corrected chi connectivity index (χ4v) is 1.64. The van der Waals surface area contributed by atoms with Crippen LogP contribution in [0, 0.1) is 6.92 Å². The summed E-state index contributed by atoms with van der Waals surface area (Å²) in [6.45, 7) is 1.99. The van der Waals surface area contributed by atoms with Gasteiger partial charge in [-0.15, -0.1) is 11.3 Å². The largest absolute Gasteiger partial charge is 0.285 e. The van der Waals surface area contributed by atoms with Gasteiger partial charge in [0.2, 0.25) is 0 Å². The first-order chi connectivity index (χ1) is 5.36. The van der Waals surface area contributed by atoms with Crippen molar-refractivity contribution in [2.24, 2.45) is 0 Å². The first kappa shape index (κ1) is 6.54. The van der Waals surface area contributed by atoms with Crippen LogP contribution < -0.4 is 0 Å². The molecule has 0 aromatic carbocycles. The van der Waals surface area contributed by atoms with Crippen LogP contribution in [-0.4, -0.2) is 15.2 Å². The first-order valence-corrected chi connectivity index (χ1v) is 4.09. The quantitative estimate of drug-likeness (QED) is 0.700. The molecule has 0 aliphatic carbocycles. The van der Waals surface area contributed by atoms with Gasteiger partial charge in [0, 0.05) is 18.0 Å². The molecule has 11 heavy (non-hydrogen) atoms. The van der Waals surface area contributed by atoms with Gasteiger partial charge < -0.3 is 0 Å². The summed E-state index contributed by atoms with van der Waals surface area (Å²) in [5.74, 6) is 0. The Kier molecular flexibility index (Phi) is 1.47. The Bertz CT molecular complexity index is 336. The van der Waals surface area contributed by atoms with Crippen molar-refractivity contribution >= 4 is 11.3 Å². The number of aromatic nitrogens is 3. The van der Waals surface area contributed by atoms with Gasteiger partial charge in [-0.3, -0.25) is 5.10 Å². The Labute approximate surface area is 68.1 Å². The first-order valence-electron chi connectivity index (χ1n) is 3.28. The molecular weight excluding hydrogens is 158 g/mol. The molecule has 0 saturated carbocycles. The Balaban J connectivity index is 2.45. The van der Waals surface area contributed by atoms with Crippen molar-refractivity contribution in [3.8, 4) is 10.4 Å². The number of hydrogen-bond acceptors (Lipinski definition) is 3. The normalized spacial score (nSPS) is 10.3. The average Bonchev–Trinajstić information content (AvgIpc) is 2.55. The predicted molar refractivity (Wildman–Crippen MR) is 44.4 cm³/mol. The van der Waals surface area contributed by atoms with Gasteiger partial charge in [-0.1, -0.05) is 0 Å². The summed E-state index contributed by atoms with van der Waals surface area (Å²) in [5.41, 5.74) is 1.11. The molecule has 2 rings (SSSR count). The van der Waals surface area contributed by atoms with E-state index in [0.29, 0.717) is 0 Å². The fraction of sp³-hybridized carbons (Fsp3) is 0.143. The number of nitrogens with zero attached hydrogens (tertiary/aromatic N) is 2. The SMILES string of the molecule is Cc1ncc(-c2cn[nH]c2)s1. The van der Waals surface area contributed by atoms with E-state index in [9.17, 15) is 0 Å². The van der Waals surface area contributed by atoms with Gasteiger partial charge in [-0.2, -0.15) is 5.10 Å². The maximum Gasteiger partial charge on any atom is 0.0900 e. The zero-order chi connectivity index (χ0) is 7.68. The van der Waals surface area contributed by atoms with E-state index in [1.165, 1.54) is 0 Å². The van der Waals surface area contributed by atoms with E-state index in [-0.39, 0.29) is 0 Å². The van der Waals surface area contributed by atoms with E-state index >= 15 is 0 Å². The molecule has 0 amide bonds. The molecule has 0 saturated heterocycles. The second-order valence-corrected chi connectivity index (χ2v) is 3.47. The zero-order valence-corrected chi connectivity index (χ0v) is 6.85. The molecule has 3 nitrogen and oxygen atoms in total. The fourth-order valence-electron chi connectivity index (χ4n) is 0.880. The molecule has 0 bridgehead atoms. The molecule has 2 heterocycles. The van der Waals surface area contributed by atoms with Crippen molar-refractivity contribution in [2.75, 3.05) is 0 Å². The van der Waals surface area contributed by atoms with E-state index in [2.05, 4.69) is 15.2 Å². The molecule has 1 N–H and O–H groups in total. The lowest BCUT2D eigenvalue weighted by atomic mass is 10.3. The molecule has 0 unspecified atom stereocenters. The highest BCUT2D eigenvalue weighted by molar-refractivity contribution is 7.15. The monoisotopic (exact) mass is 165 g/mol. The maximum atomic E-state index is 4.15. The van der Waals surface area contributed by atoms with E-state index < -0.39 is 0 Å². The van der Waals surface area contributed by atoms with Crippen LogP contribution in [0.4, 0.5) is 0 Å². The number of hydrogen-bond donors (Lipinski definition) is 1. The summed E-state index contributed by atoms with van der Waals surface area (Å²) in [7, 11) is 0. The van der Waals surface area contributed by atoms with Crippen LogP contribution in [0.15, 0.2) is 18.6 Å². The number of H-pyrrole nitrogens is 1. The summed E-state index contributed by atoms with van der Waals surface area (Å²) >= 11 is 1.67. The smallest absolute Gasteiger partial charge is 0.0900 e. The summed E-state index contributed by atoms with van der Waals surface area (Å²) in [6.07, 6.45) is 5.53. The third-order valence-corrected chi connectivity index (χ3v) is 2.37. The van der Waals surface area contributed by atoms with Crippen LogP contribution in [0.25, 0.3) is 10.4 Å². The van der Waals surface area contributed by atoms with Crippen molar-refractivity contribution in [3.63, 3.8) is 0 Å². The third-order valence-electron chi connectivity index (χ3n) is 1.40. The highest BCUT2D eigenvalue weighted by atomic mass is 32.1. The molecule has 0 fully saturated rings. The lowest BCUT2D eigenvalue weighted by Crippen LogP contribution is -1.61. The van der Waals surface area contributed by atoms with E-state index in [1.807, 2.05) is 19.3 Å². The Morgan fingerprint density at radius 1 is 1.45 bits per heavy atom. The lowest BCUT2D eigenvalue weighted by Gasteiger charge is -1.83. The van der Waals surface area contributed by atoms with Crippen LogP contribution in [0.2, 0.25) is 0 Å². The second-order valence-electron chi connectivity index (χ2n) is 2.23. The second kappa shape index (κ2) is 2.47. The molecule has 0 atom stereocenters. The highest BCUT2D eigenvalue weighted by Gasteiger charge is 2.00. The minimum Gasteiger partial charge on any atom is -0.285 e. The van der Waals surface area contributed by atoms with Crippen LogP contribution in [0.5, 0.6) is 0 Å². The van der Waals surface area contributed by atoms with Gasteiger partial charge >= 0.3 is 0 Å². The molecule has 2 aromatic rings. The number of thiazole rings is 1. The van der Waals surface area contributed by atoms with Crippen LogP contribution in [-0.2, 0) is 0 Å². The maximum absolute atomic E-state index is 4.15. The topological polar surface area (TPSA) is 41.6 Å². The van der Waals surface area contributed by atoms with Gasteiger partial charge in [0.1, 0.15) is 0 Å². The number of rotatable bonds is 1. The minimum absolute atomic E-state index is 1.08. The zero-order valence-electron chi connectivity index (χ0n) is 6.03. The van der Waals surface area contributed by atoms with Crippen molar-refractivity contribution in [3.05, 3.63) is 23.6 Å². The summed E-state index contributed by atoms with van der Waals surface area (Å²) in [4.78, 5) is 5.31. The van der Waals surface area contributed by atoms with Crippen molar-refractivity contribution < 1.29 is 0 Å². The average molecular weight is 165 g/mol. The van der Waals surface area contributed by atoms with Gasteiger partial charge in [0.15, 0.2) is 0 Å². The number of aryl methyl sites for hydroxylation is 1. The van der Waals surface area contributed by atoms with Gasteiger partial charge in [-0.05, 0) is 6.92 Å². The summed E-state index contributed by atoms with van der Waals surface area (Å²) in [5, 5.41) is 7.71. The number of nitrogens with one attached hydrogen (secondary N) is 1. The van der Waals surface area contributed by atoms with Crippen molar-refractivity contribution in [1.82, 2.24) is 15.2 Å². The molecule has 2 aromatic heterocycles. The van der Waals surface area contributed by atoms with E-state index in [4.69, 9.17) is 0 Å². The van der Waals surface area contributed by atoms with E-state index in [0.717, 1.165) is 15.4 Å². The van der Waals surface area contributed by atoms with Crippen LogP contribution in [0.3, 0.4) is 0 Å². The molecular formula is C7H7N3S. The van der Waals surface area contributed by atoms with Gasteiger partial charge in [-0.25, -0.2) is 4.98 Å². The van der Waals surface area contributed by atoms with Gasteiger partial charge in [0.25, 0.3) is 0 Å². The lowest BCUT2D eigenvalue weighted by molar-refractivity contribution is 1.09. The Morgan fingerprint density at radius 3 is 2.91 bits per heavy atom. The Morgan fingerprint density at radius 2 is 2.36 bits per heavy atom.